The van der Waals surface area contributed by atoms with Gasteiger partial charge in [0, 0.05) is 30.8 Å². The molecule has 2 rings (SSSR count). The molecule has 1 aromatic rings. The minimum atomic E-state index is -3.12. The molecule has 0 amide bonds. The summed E-state index contributed by atoms with van der Waals surface area (Å²) in [7, 11) is -3.12. The van der Waals surface area contributed by atoms with Crippen LogP contribution >= 0.6 is 11.3 Å². The summed E-state index contributed by atoms with van der Waals surface area (Å²) in [6.45, 7) is 1.09. The second-order valence-corrected chi connectivity index (χ2v) is 8.14. The van der Waals surface area contributed by atoms with E-state index in [-0.39, 0.29) is 11.7 Å². The third-order valence-electron chi connectivity index (χ3n) is 3.42. The van der Waals surface area contributed by atoms with E-state index in [0.717, 1.165) is 17.7 Å². The summed E-state index contributed by atoms with van der Waals surface area (Å²) in [6, 6.07) is 3.91. The van der Waals surface area contributed by atoms with E-state index < -0.39 is 10.0 Å². The molecule has 0 N–H and O–H groups in total. The summed E-state index contributed by atoms with van der Waals surface area (Å²) in [5, 5.41) is 1.97. The Labute approximate surface area is 118 Å². The predicted octanol–water partition coefficient (Wildman–Crippen LogP) is 1.92. The first-order valence-corrected chi connectivity index (χ1v) is 9.17. The van der Waals surface area contributed by atoms with Crippen LogP contribution in [0.3, 0.4) is 0 Å². The van der Waals surface area contributed by atoms with Crippen LogP contribution < -0.4 is 0 Å². The Kier molecular flexibility index (Phi) is 4.76. The number of hydrogen-bond donors (Lipinski definition) is 0. The number of carbonyl (C=O) groups is 1. The van der Waals surface area contributed by atoms with Crippen LogP contribution in [0.25, 0.3) is 0 Å². The monoisotopic (exact) mass is 301 g/mol. The molecule has 1 aliphatic rings. The summed E-state index contributed by atoms with van der Waals surface area (Å²) in [4.78, 5) is 13.1. The fourth-order valence-corrected chi connectivity index (χ4v) is 4.17. The number of ketones is 1. The van der Waals surface area contributed by atoms with Gasteiger partial charge in [-0.2, -0.15) is 0 Å². The normalized spacial score (nSPS) is 21.4. The smallest absolute Gasteiger partial charge is 0.211 e. The van der Waals surface area contributed by atoms with Gasteiger partial charge in [0.1, 0.15) is 5.78 Å². The van der Waals surface area contributed by atoms with Crippen molar-refractivity contribution < 1.29 is 13.2 Å². The Morgan fingerprint density at radius 3 is 2.95 bits per heavy atom. The number of thiophene rings is 1. The first-order chi connectivity index (χ1) is 8.95. The Morgan fingerprint density at radius 2 is 2.32 bits per heavy atom. The lowest BCUT2D eigenvalue weighted by atomic mass is 9.93. The second kappa shape index (κ2) is 6.15. The van der Waals surface area contributed by atoms with Crippen molar-refractivity contribution in [3.63, 3.8) is 0 Å². The lowest BCUT2D eigenvalue weighted by Gasteiger charge is -2.30. The van der Waals surface area contributed by atoms with E-state index in [1.54, 1.807) is 11.3 Å². The lowest BCUT2D eigenvalue weighted by molar-refractivity contribution is -0.119. The molecule has 1 fully saturated rings. The minimum absolute atomic E-state index is 0.177. The van der Waals surface area contributed by atoms with Crippen LogP contribution in [0.1, 0.15) is 24.1 Å². The number of rotatable bonds is 5. The molecule has 19 heavy (non-hydrogen) atoms. The van der Waals surface area contributed by atoms with Crippen molar-refractivity contribution in [1.29, 1.82) is 0 Å². The Bertz CT molecular complexity index is 522. The molecule has 0 radical (unpaired) electrons. The molecule has 0 saturated carbocycles. The van der Waals surface area contributed by atoms with Gasteiger partial charge in [0.05, 0.1) is 6.26 Å². The molecule has 1 aromatic heterocycles. The van der Waals surface area contributed by atoms with E-state index in [2.05, 4.69) is 0 Å². The highest BCUT2D eigenvalue weighted by Crippen LogP contribution is 2.22. The molecule has 0 bridgehead atoms. The highest BCUT2D eigenvalue weighted by molar-refractivity contribution is 7.88. The Morgan fingerprint density at radius 1 is 1.53 bits per heavy atom. The standard InChI is InChI=1S/C13H19NO3S2/c1-19(16,17)14-6-2-4-11(10-14)8-12(15)9-13-5-3-7-18-13/h3,5,7,11H,2,4,6,8-10H2,1H3. The van der Waals surface area contributed by atoms with Gasteiger partial charge in [-0.15, -0.1) is 11.3 Å². The summed E-state index contributed by atoms with van der Waals surface area (Å²) in [6.07, 6.45) is 4.01. The number of hydrogen-bond acceptors (Lipinski definition) is 4. The van der Waals surface area contributed by atoms with Gasteiger partial charge in [0.2, 0.25) is 10.0 Å². The van der Waals surface area contributed by atoms with E-state index >= 15 is 0 Å². The molecule has 2 heterocycles. The minimum Gasteiger partial charge on any atom is -0.299 e. The van der Waals surface area contributed by atoms with Crippen LogP contribution in [0.4, 0.5) is 0 Å². The molecule has 0 aromatic carbocycles. The van der Waals surface area contributed by atoms with Gasteiger partial charge in [0.25, 0.3) is 0 Å². The zero-order chi connectivity index (χ0) is 13.9. The molecule has 106 valence electrons. The molecule has 0 aliphatic carbocycles. The molecule has 0 spiro atoms. The van der Waals surface area contributed by atoms with E-state index in [9.17, 15) is 13.2 Å². The molecule has 1 unspecified atom stereocenters. The maximum atomic E-state index is 12.0. The van der Waals surface area contributed by atoms with Crippen molar-refractivity contribution in [1.82, 2.24) is 4.31 Å². The second-order valence-electron chi connectivity index (χ2n) is 5.13. The van der Waals surface area contributed by atoms with E-state index in [1.807, 2.05) is 17.5 Å². The van der Waals surface area contributed by atoms with Crippen molar-refractivity contribution in [2.45, 2.75) is 25.7 Å². The zero-order valence-corrected chi connectivity index (χ0v) is 12.7. The van der Waals surface area contributed by atoms with Crippen molar-refractivity contribution in [3.8, 4) is 0 Å². The number of sulfonamides is 1. The predicted molar refractivity (Wildman–Crippen MR) is 76.8 cm³/mol. The Balaban J connectivity index is 1.87. The highest BCUT2D eigenvalue weighted by Gasteiger charge is 2.27. The number of Topliss-reactive ketones (excluding diaryl/α,β-unsaturated/α-hetero) is 1. The van der Waals surface area contributed by atoms with E-state index in [1.165, 1.54) is 10.6 Å². The molecule has 1 aliphatic heterocycles. The maximum Gasteiger partial charge on any atom is 0.211 e. The van der Waals surface area contributed by atoms with Crippen LogP contribution in [0, 0.1) is 5.92 Å². The molecular formula is C13H19NO3S2. The molecule has 1 saturated heterocycles. The highest BCUT2D eigenvalue weighted by atomic mass is 32.2. The maximum absolute atomic E-state index is 12.0. The Hall–Kier alpha value is -0.720. The van der Waals surface area contributed by atoms with Crippen LogP contribution in [0.5, 0.6) is 0 Å². The van der Waals surface area contributed by atoms with Crippen LogP contribution in [-0.2, 0) is 21.2 Å². The summed E-state index contributed by atoms with van der Waals surface area (Å²) >= 11 is 1.59. The van der Waals surface area contributed by atoms with E-state index in [4.69, 9.17) is 0 Å². The van der Waals surface area contributed by atoms with Gasteiger partial charge in [0.15, 0.2) is 0 Å². The summed E-state index contributed by atoms with van der Waals surface area (Å²) in [5.41, 5.74) is 0. The fraction of sp³-hybridized carbons (Fsp3) is 0.615. The first-order valence-electron chi connectivity index (χ1n) is 6.44. The molecule has 1 atom stereocenters. The summed E-state index contributed by atoms with van der Waals surface area (Å²) < 4.78 is 24.5. The number of carbonyl (C=O) groups excluding carboxylic acids is 1. The third kappa shape index (κ3) is 4.40. The van der Waals surface area contributed by atoms with Crippen molar-refractivity contribution in [2.75, 3.05) is 19.3 Å². The van der Waals surface area contributed by atoms with Crippen LogP contribution in [-0.4, -0.2) is 37.9 Å². The molecular weight excluding hydrogens is 282 g/mol. The average molecular weight is 301 g/mol. The van der Waals surface area contributed by atoms with Gasteiger partial charge < -0.3 is 0 Å². The van der Waals surface area contributed by atoms with E-state index in [0.29, 0.717) is 25.9 Å². The topological polar surface area (TPSA) is 54.5 Å². The number of piperidine rings is 1. The van der Waals surface area contributed by atoms with Crippen molar-refractivity contribution in [3.05, 3.63) is 22.4 Å². The molecule has 6 heteroatoms. The van der Waals surface area contributed by atoms with Gasteiger partial charge >= 0.3 is 0 Å². The molecule has 4 nitrogen and oxygen atoms in total. The van der Waals surface area contributed by atoms with Crippen molar-refractivity contribution >= 4 is 27.1 Å². The van der Waals surface area contributed by atoms with Gasteiger partial charge in [-0.25, -0.2) is 12.7 Å². The fourth-order valence-electron chi connectivity index (χ4n) is 2.50. The summed E-state index contributed by atoms with van der Waals surface area (Å²) in [5.74, 6) is 0.388. The van der Waals surface area contributed by atoms with Crippen molar-refractivity contribution in [2.24, 2.45) is 5.92 Å². The van der Waals surface area contributed by atoms with Gasteiger partial charge in [-0.3, -0.25) is 4.79 Å². The number of nitrogens with zero attached hydrogens (tertiary/aromatic N) is 1. The van der Waals surface area contributed by atoms with Crippen LogP contribution in [0.2, 0.25) is 0 Å². The average Bonchev–Trinajstić information content (AvgIpc) is 2.80. The lowest BCUT2D eigenvalue weighted by Crippen LogP contribution is -2.39. The van der Waals surface area contributed by atoms with Crippen LogP contribution in [0.15, 0.2) is 17.5 Å². The third-order valence-corrected chi connectivity index (χ3v) is 5.56. The van der Waals surface area contributed by atoms with Gasteiger partial charge in [-0.05, 0) is 30.2 Å². The zero-order valence-electron chi connectivity index (χ0n) is 11.0. The quantitative estimate of drug-likeness (QED) is 0.835. The first kappa shape index (κ1) is 14.7. The van der Waals surface area contributed by atoms with Gasteiger partial charge in [-0.1, -0.05) is 6.07 Å². The SMILES string of the molecule is CS(=O)(=O)N1CCCC(CC(=O)Cc2cccs2)C1. The largest absolute Gasteiger partial charge is 0.299 e.